The highest BCUT2D eigenvalue weighted by Gasteiger charge is 2.33. The van der Waals surface area contributed by atoms with E-state index in [0.717, 1.165) is 12.8 Å². The predicted molar refractivity (Wildman–Crippen MR) is 71.9 cm³/mol. The van der Waals surface area contributed by atoms with Crippen molar-refractivity contribution in [3.63, 3.8) is 0 Å². The van der Waals surface area contributed by atoms with Gasteiger partial charge >= 0.3 is 0 Å². The van der Waals surface area contributed by atoms with Gasteiger partial charge in [-0.3, -0.25) is 0 Å². The van der Waals surface area contributed by atoms with Crippen LogP contribution in [0, 0.1) is 5.41 Å². The van der Waals surface area contributed by atoms with E-state index in [1.54, 1.807) is 18.2 Å². The van der Waals surface area contributed by atoms with E-state index in [0.29, 0.717) is 28.9 Å². The summed E-state index contributed by atoms with van der Waals surface area (Å²) in [6.45, 7) is 1.30. The first-order valence-corrected chi connectivity index (χ1v) is 6.69. The average Bonchev–Trinajstić information content (AvgIpc) is 2.80. The Bertz CT molecular complexity index is 389. The Balaban J connectivity index is 2.03. The Kier molecular flexibility index (Phi) is 4.18. The molecule has 0 aromatic heterocycles. The minimum absolute atomic E-state index is 0.131. The first-order chi connectivity index (χ1) is 8.15. The normalized spacial score (nSPS) is 18.3. The van der Waals surface area contributed by atoms with Crippen LogP contribution in [0.15, 0.2) is 18.2 Å². The lowest BCUT2D eigenvalue weighted by Gasteiger charge is -2.27. The molecule has 0 amide bonds. The minimum atomic E-state index is 0.131. The summed E-state index contributed by atoms with van der Waals surface area (Å²) in [5.41, 5.74) is 5.99. The van der Waals surface area contributed by atoms with E-state index >= 15 is 0 Å². The molecule has 1 saturated carbocycles. The van der Waals surface area contributed by atoms with Gasteiger partial charge in [0.05, 0.1) is 11.6 Å². The van der Waals surface area contributed by atoms with Crippen LogP contribution in [0.25, 0.3) is 0 Å². The van der Waals surface area contributed by atoms with Gasteiger partial charge in [-0.2, -0.15) is 0 Å². The molecule has 17 heavy (non-hydrogen) atoms. The van der Waals surface area contributed by atoms with Crippen LogP contribution in [-0.4, -0.2) is 13.2 Å². The molecule has 0 spiro atoms. The van der Waals surface area contributed by atoms with E-state index in [1.165, 1.54) is 12.8 Å². The monoisotopic (exact) mass is 273 g/mol. The van der Waals surface area contributed by atoms with Crippen molar-refractivity contribution in [1.29, 1.82) is 0 Å². The maximum atomic E-state index is 6.06. The smallest absolute Gasteiger partial charge is 0.139 e. The van der Waals surface area contributed by atoms with Crippen LogP contribution in [-0.2, 0) is 0 Å². The van der Waals surface area contributed by atoms with Gasteiger partial charge in [0.2, 0.25) is 0 Å². The summed E-state index contributed by atoms with van der Waals surface area (Å²) in [5.74, 6) is 0.652. The lowest BCUT2D eigenvalue weighted by atomic mass is 9.87. The molecule has 0 atom stereocenters. The molecular formula is C13H17Cl2NO. The molecule has 1 fully saturated rings. The van der Waals surface area contributed by atoms with Gasteiger partial charge in [0, 0.05) is 23.0 Å². The Hall–Kier alpha value is -0.440. The van der Waals surface area contributed by atoms with Crippen LogP contribution in [0.4, 0.5) is 0 Å². The summed E-state index contributed by atoms with van der Waals surface area (Å²) >= 11 is 12.0. The molecule has 94 valence electrons. The van der Waals surface area contributed by atoms with Crippen LogP contribution >= 0.6 is 23.2 Å². The Morgan fingerprint density at radius 1 is 1.24 bits per heavy atom. The van der Waals surface area contributed by atoms with Gasteiger partial charge in [-0.15, -0.1) is 0 Å². The number of benzene rings is 1. The van der Waals surface area contributed by atoms with E-state index in [4.69, 9.17) is 33.7 Å². The molecule has 0 unspecified atom stereocenters. The molecule has 0 aliphatic heterocycles. The molecule has 1 aromatic carbocycles. The molecule has 0 bridgehead atoms. The van der Waals surface area contributed by atoms with Crippen LogP contribution in [0.5, 0.6) is 5.75 Å². The molecule has 2 rings (SSSR count). The van der Waals surface area contributed by atoms with E-state index in [2.05, 4.69) is 0 Å². The highest BCUT2D eigenvalue weighted by atomic mass is 35.5. The predicted octanol–water partition coefficient (Wildman–Crippen LogP) is 3.89. The number of hydrogen-bond acceptors (Lipinski definition) is 2. The van der Waals surface area contributed by atoms with E-state index in [9.17, 15) is 0 Å². The number of ether oxygens (including phenoxy) is 1. The van der Waals surface area contributed by atoms with Gasteiger partial charge in [0.25, 0.3) is 0 Å². The lowest BCUT2D eigenvalue weighted by Crippen LogP contribution is -2.33. The molecule has 2 nitrogen and oxygen atoms in total. The summed E-state index contributed by atoms with van der Waals surface area (Å²) in [4.78, 5) is 0. The summed E-state index contributed by atoms with van der Waals surface area (Å²) < 4.78 is 5.80. The number of halogens is 2. The third kappa shape index (κ3) is 3.06. The van der Waals surface area contributed by atoms with Gasteiger partial charge in [-0.1, -0.05) is 36.0 Å². The maximum Gasteiger partial charge on any atom is 0.139 e. The maximum absolute atomic E-state index is 6.06. The summed E-state index contributed by atoms with van der Waals surface area (Å²) in [7, 11) is 0. The Labute approximate surface area is 112 Å². The molecule has 0 heterocycles. The fraction of sp³-hybridized carbons (Fsp3) is 0.538. The molecule has 4 heteroatoms. The van der Waals surface area contributed by atoms with Gasteiger partial charge in [-0.25, -0.2) is 0 Å². The van der Waals surface area contributed by atoms with Crippen molar-refractivity contribution in [2.75, 3.05) is 13.2 Å². The van der Waals surface area contributed by atoms with Gasteiger partial charge in [0.1, 0.15) is 5.75 Å². The fourth-order valence-electron chi connectivity index (χ4n) is 2.35. The zero-order chi connectivity index (χ0) is 12.3. The van der Waals surface area contributed by atoms with Crippen LogP contribution in [0.3, 0.4) is 0 Å². The van der Waals surface area contributed by atoms with Crippen molar-refractivity contribution < 1.29 is 4.74 Å². The second-order valence-corrected chi connectivity index (χ2v) is 5.62. The van der Waals surface area contributed by atoms with E-state index < -0.39 is 0 Å². The Morgan fingerprint density at radius 3 is 2.59 bits per heavy atom. The fourth-order valence-corrected chi connectivity index (χ4v) is 2.69. The van der Waals surface area contributed by atoms with Gasteiger partial charge in [0.15, 0.2) is 0 Å². The number of nitrogens with two attached hydrogens (primary N) is 1. The van der Waals surface area contributed by atoms with Crippen molar-refractivity contribution in [3.05, 3.63) is 28.2 Å². The molecule has 1 aliphatic carbocycles. The number of rotatable bonds is 4. The number of hydrogen-bond donors (Lipinski definition) is 1. The highest BCUT2D eigenvalue weighted by molar-refractivity contribution is 6.34. The van der Waals surface area contributed by atoms with Crippen molar-refractivity contribution in [3.8, 4) is 5.75 Å². The standard InChI is InChI=1S/C13H17Cl2NO/c14-10-3-4-11(15)12(7-10)17-9-13(8-16)5-1-2-6-13/h3-4,7H,1-2,5-6,8-9,16H2. The lowest BCUT2D eigenvalue weighted by molar-refractivity contribution is 0.157. The average molecular weight is 274 g/mol. The topological polar surface area (TPSA) is 35.2 Å². The second kappa shape index (κ2) is 5.47. The third-order valence-electron chi connectivity index (χ3n) is 3.52. The zero-order valence-electron chi connectivity index (χ0n) is 9.72. The van der Waals surface area contributed by atoms with Crippen LogP contribution in [0.2, 0.25) is 10.0 Å². The van der Waals surface area contributed by atoms with Crippen molar-refractivity contribution in [2.24, 2.45) is 11.1 Å². The van der Waals surface area contributed by atoms with Crippen molar-refractivity contribution in [2.45, 2.75) is 25.7 Å². The van der Waals surface area contributed by atoms with Crippen LogP contribution in [0.1, 0.15) is 25.7 Å². The highest BCUT2D eigenvalue weighted by Crippen LogP contribution is 2.38. The van der Waals surface area contributed by atoms with Gasteiger partial charge < -0.3 is 10.5 Å². The molecule has 1 aromatic rings. The second-order valence-electron chi connectivity index (χ2n) is 4.77. The summed E-state index contributed by atoms with van der Waals surface area (Å²) in [6.07, 6.45) is 4.76. The molecular weight excluding hydrogens is 257 g/mol. The largest absolute Gasteiger partial charge is 0.491 e. The van der Waals surface area contributed by atoms with Crippen LogP contribution < -0.4 is 10.5 Å². The minimum Gasteiger partial charge on any atom is -0.491 e. The molecule has 1 aliphatic rings. The molecule has 2 N–H and O–H groups in total. The molecule has 0 saturated heterocycles. The van der Waals surface area contributed by atoms with Crippen molar-refractivity contribution in [1.82, 2.24) is 0 Å². The first-order valence-electron chi connectivity index (χ1n) is 5.93. The third-order valence-corrected chi connectivity index (χ3v) is 4.07. The SMILES string of the molecule is NCC1(COc2cc(Cl)ccc2Cl)CCCC1. The van der Waals surface area contributed by atoms with Gasteiger partial charge in [-0.05, 0) is 25.0 Å². The van der Waals surface area contributed by atoms with E-state index in [-0.39, 0.29) is 5.41 Å². The summed E-state index contributed by atoms with van der Waals surface area (Å²) in [5, 5.41) is 1.23. The first kappa shape index (κ1) is 13.0. The Morgan fingerprint density at radius 2 is 1.94 bits per heavy atom. The van der Waals surface area contributed by atoms with E-state index in [1.807, 2.05) is 0 Å². The zero-order valence-corrected chi connectivity index (χ0v) is 11.2. The quantitative estimate of drug-likeness (QED) is 0.904. The van der Waals surface area contributed by atoms with Crippen molar-refractivity contribution >= 4 is 23.2 Å². The molecule has 0 radical (unpaired) electrons. The summed E-state index contributed by atoms with van der Waals surface area (Å²) in [6, 6.07) is 5.26.